The third-order valence-electron chi connectivity index (χ3n) is 6.03. The first-order valence-electron chi connectivity index (χ1n) is 11.0. The molecule has 0 spiro atoms. The minimum absolute atomic E-state index is 0.208. The van der Waals surface area contributed by atoms with Crippen LogP contribution in [0.5, 0.6) is 0 Å². The van der Waals surface area contributed by atoms with Crippen molar-refractivity contribution in [1.82, 2.24) is 10.3 Å². The lowest BCUT2D eigenvalue weighted by Gasteiger charge is -2.28. The van der Waals surface area contributed by atoms with E-state index in [-0.39, 0.29) is 5.91 Å². The molecule has 0 fully saturated rings. The van der Waals surface area contributed by atoms with Gasteiger partial charge in [0.05, 0.1) is 6.21 Å². The number of amides is 1. The Morgan fingerprint density at radius 3 is 2.50 bits per heavy atom. The summed E-state index contributed by atoms with van der Waals surface area (Å²) >= 11 is 0. The van der Waals surface area contributed by atoms with Gasteiger partial charge in [0.2, 0.25) is 0 Å². The number of hydrazone groups is 1. The molecule has 4 aromatic carbocycles. The number of carbonyl (C=O) groups is 1. The van der Waals surface area contributed by atoms with Gasteiger partial charge in [-0.2, -0.15) is 5.10 Å². The lowest BCUT2D eigenvalue weighted by molar-refractivity contribution is 0.0955. The van der Waals surface area contributed by atoms with E-state index in [1.54, 1.807) is 6.21 Å². The van der Waals surface area contributed by atoms with Gasteiger partial charge in [0.1, 0.15) is 0 Å². The molecule has 4 heteroatoms. The SMILES string of the molecule is O=C(N/N=C\c1cccc2ccccc12)c1ccc(CN2CCc3ccccc3C2)cc1. The molecular formula is C28H25N3O. The highest BCUT2D eigenvalue weighted by atomic mass is 16.2. The van der Waals surface area contributed by atoms with Crippen molar-refractivity contribution in [2.75, 3.05) is 6.54 Å². The van der Waals surface area contributed by atoms with Crippen LogP contribution in [0.1, 0.15) is 32.6 Å². The Hall–Kier alpha value is -3.76. The topological polar surface area (TPSA) is 44.7 Å². The van der Waals surface area contributed by atoms with Crippen molar-refractivity contribution in [3.63, 3.8) is 0 Å². The Kier molecular flexibility index (Phi) is 5.77. The largest absolute Gasteiger partial charge is 0.294 e. The van der Waals surface area contributed by atoms with Gasteiger partial charge in [0, 0.05) is 30.8 Å². The standard InChI is InChI=1S/C28H25N3O/c32-28(30-29-18-25-10-5-9-23-7-3-4-11-27(23)25)24-14-12-21(13-15-24)19-31-17-16-22-6-1-2-8-26(22)20-31/h1-15,18H,16-17,19-20H2,(H,30,32)/b29-18-. The second-order valence-electron chi connectivity index (χ2n) is 8.19. The van der Waals surface area contributed by atoms with Crippen molar-refractivity contribution in [2.24, 2.45) is 5.10 Å². The minimum Gasteiger partial charge on any atom is -0.294 e. The molecule has 0 bridgehead atoms. The lowest BCUT2D eigenvalue weighted by atomic mass is 9.99. The predicted molar refractivity (Wildman–Crippen MR) is 130 cm³/mol. The molecule has 0 radical (unpaired) electrons. The van der Waals surface area contributed by atoms with E-state index in [1.165, 1.54) is 16.7 Å². The van der Waals surface area contributed by atoms with Gasteiger partial charge in [-0.15, -0.1) is 0 Å². The van der Waals surface area contributed by atoms with E-state index in [2.05, 4.69) is 57.9 Å². The summed E-state index contributed by atoms with van der Waals surface area (Å²) in [4.78, 5) is 15.0. The average Bonchev–Trinajstić information content (AvgIpc) is 2.84. The van der Waals surface area contributed by atoms with Crippen LogP contribution in [-0.4, -0.2) is 23.6 Å². The van der Waals surface area contributed by atoms with Crippen LogP contribution < -0.4 is 5.43 Å². The molecule has 1 aliphatic rings. The predicted octanol–water partition coefficient (Wildman–Crippen LogP) is 5.16. The molecule has 1 amide bonds. The van der Waals surface area contributed by atoms with Crippen molar-refractivity contribution < 1.29 is 4.79 Å². The fourth-order valence-electron chi connectivity index (χ4n) is 4.30. The summed E-state index contributed by atoms with van der Waals surface area (Å²) < 4.78 is 0. The fourth-order valence-corrected chi connectivity index (χ4v) is 4.30. The van der Waals surface area contributed by atoms with Gasteiger partial charge in [-0.3, -0.25) is 9.69 Å². The van der Waals surface area contributed by atoms with Crippen LogP contribution in [-0.2, 0) is 19.5 Å². The molecule has 1 N–H and O–H groups in total. The van der Waals surface area contributed by atoms with Crippen molar-refractivity contribution in [3.8, 4) is 0 Å². The third-order valence-corrected chi connectivity index (χ3v) is 6.03. The Labute approximate surface area is 188 Å². The monoisotopic (exact) mass is 419 g/mol. The van der Waals surface area contributed by atoms with Crippen molar-refractivity contribution in [1.29, 1.82) is 0 Å². The Morgan fingerprint density at radius 2 is 1.62 bits per heavy atom. The van der Waals surface area contributed by atoms with E-state index in [9.17, 15) is 4.79 Å². The molecule has 1 heterocycles. The third kappa shape index (κ3) is 4.46. The second-order valence-corrected chi connectivity index (χ2v) is 8.19. The molecule has 0 aromatic heterocycles. The van der Waals surface area contributed by atoms with E-state index in [0.717, 1.165) is 42.4 Å². The van der Waals surface area contributed by atoms with Crippen LogP contribution >= 0.6 is 0 Å². The van der Waals surface area contributed by atoms with Gasteiger partial charge < -0.3 is 0 Å². The first kappa shape index (κ1) is 20.2. The molecule has 1 aliphatic heterocycles. The van der Waals surface area contributed by atoms with Crippen LogP contribution in [0.3, 0.4) is 0 Å². The molecule has 4 aromatic rings. The van der Waals surface area contributed by atoms with Crippen LogP contribution in [0.2, 0.25) is 0 Å². The lowest BCUT2D eigenvalue weighted by Crippen LogP contribution is -2.30. The number of nitrogens with one attached hydrogen (secondary N) is 1. The summed E-state index contributed by atoms with van der Waals surface area (Å²) in [6.07, 6.45) is 2.79. The number of rotatable bonds is 5. The zero-order valence-electron chi connectivity index (χ0n) is 17.9. The summed E-state index contributed by atoms with van der Waals surface area (Å²) in [5.74, 6) is -0.208. The van der Waals surface area contributed by atoms with Gasteiger partial charge in [0.25, 0.3) is 5.91 Å². The molecule has 0 aliphatic carbocycles. The van der Waals surface area contributed by atoms with E-state index in [1.807, 2.05) is 48.5 Å². The van der Waals surface area contributed by atoms with Crippen molar-refractivity contribution in [2.45, 2.75) is 19.5 Å². The molecular weight excluding hydrogens is 394 g/mol. The van der Waals surface area contributed by atoms with Crippen molar-refractivity contribution >= 4 is 22.9 Å². The van der Waals surface area contributed by atoms with Gasteiger partial charge in [-0.05, 0) is 46.0 Å². The first-order chi connectivity index (χ1) is 15.8. The molecule has 0 saturated carbocycles. The zero-order valence-corrected chi connectivity index (χ0v) is 17.9. The molecule has 5 rings (SSSR count). The molecule has 0 saturated heterocycles. The highest BCUT2D eigenvalue weighted by Gasteiger charge is 2.15. The number of fused-ring (bicyclic) bond motifs is 2. The average molecular weight is 420 g/mol. The first-order valence-corrected chi connectivity index (χ1v) is 11.0. The highest BCUT2D eigenvalue weighted by Crippen LogP contribution is 2.20. The van der Waals surface area contributed by atoms with E-state index in [4.69, 9.17) is 0 Å². The van der Waals surface area contributed by atoms with Crippen molar-refractivity contribution in [3.05, 3.63) is 119 Å². The van der Waals surface area contributed by atoms with Crippen LogP contribution in [0.25, 0.3) is 10.8 Å². The molecule has 0 atom stereocenters. The second kappa shape index (κ2) is 9.16. The quantitative estimate of drug-likeness (QED) is 0.359. The molecule has 0 unspecified atom stereocenters. The highest BCUT2D eigenvalue weighted by molar-refractivity contribution is 6.00. The van der Waals surface area contributed by atoms with Crippen LogP contribution in [0.15, 0.2) is 96.1 Å². The number of hydrogen-bond acceptors (Lipinski definition) is 3. The number of nitrogens with zero attached hydrogens (tertiary/aromatic N) is 2. The Bertz CT molecular complexity index is 1270. The maximum absolute atomic E-state index is 12.5. The van der Waals surface area contributed by atoms with Gasteiger partial charge in [-0.25, -0.2) is 5.43 Å². The maximum atomic E-state index is 12.5. The molecule has 4 nitrogen and oxygen atoms in total. The minimum atomic E-state index is -0.208. The van der Waals surface area contributed by atoms with Gasteiger partial charge in [0.15, 0.2) is 0 Å². The number of carbonyl (C=O) groups excluding carboxylic acids is 1. The van der Waals surface area contributed by atoms with Crippen LogP contribution in [0.4, 0.5) is 0 Å². The molecule has 158 valence electrons. The Balaban J connectivity index is 1.20. The number of hydrogen-bond donors (Lipinski definition) is 1. The van der Waals surface area contributed by atoms with Crippen LogP contribution in [0, 0.1) is 0 Å². The molecule has 32 heavy (non-hydrogen) atoms. The van der Waals surface area contributed by atoms with E-state index in [0.29, 0.717) is 5.56 Å². The normalized spacial score (nSPS) is 13.9. The summed E-state index contributed by atoms with van der Waals surface area (Å²) in [5.41, 5.74) is 8.30. The zero-order chi connectivity index (χ0) is 21.8. The summed E-state index contributed by atoms with van der Waals surface area (Å²) in [6, 6.07) is 30.7. The summed E-state index contributed by atoms with van der Waals surface area (Å²) in [5, 5.41) is 6.43. The summed E-state index contributed by atoms with van der Waals surface area (Å²) in [7, 11) is 0. The van der Waals surface area contributed by atoms with Gasteiger partial charge >= 0.3 is 0 Å². The smallest absolute Gasteiger partial charge is 0.271 e. The summed E-state index contributed by atoms with van der Waals surface area (Å²) in [6.45, 7) is 2.92. The van der Waals surface area contributed by atoms with E-state index >= 15 is 0 Å². The van der Waals surface area contributed by atoms with Gasteiger partial charge in [-0.1, -0.05) is 78.9 Å². The number of benzene rings is 4. The van der Waals surface area contributed by atoms with E-state index < -0.39 is 0 Å². The maximum Gasteiger partial charge on any atom is 0.271 e. The Morgan fingerprint density at radius 1 is 0.875 bits per heavy atom. The fraction of sp³-hybridized carbons (Fsp3) is 0.143.